The summed E-state index contributed by atoms with van der Waals surface area (Å²) in [5.41, 5.74) is 1.05. The Labute approximate surface area is 147 Å². The maximum atomic E-state index is 13.5. The maximum absolute atomic E-state index is 13.5. The molecule has 0 saturated carbocycles. The van der Waals surface area contributed by atoms with Crippen molar-refractivity contribution in [3.63, 3.8) is 0 Å². The smallest absolute Gasteiger partial charge is 0.246 e. The number of carbonyl (C=O) groups is 1. The van der Waals surface area contributed by atoms with E-state index in [1.807, 2.05) is 30.3 Å². The van der Waals surface area contributed by atoms with Crippen LogP contribution in [0.3, 0.4) is 0 Å². The maximum Gasteiger partial charge on any atom is 0.246 e. The first kappa shape index (κ1) is 18.9. The molecule has 1 atom stereocenters. The van der Waals surface area contributed by atoms with Crippen molar-refractivity contribution in [2.45, 2.75) is 19.5 Å². The molecule has 1 amide bonds. The summed E-state index contributed by atoms with van der Waals surface area (Å²) in [5, 5.41) is 0. The molecule has 25 heavy (non-hydrogen) atoms. The van der Waals surface area contributed by atoms with Crippen molar-refractivity contribution in [1.29, 1.82) is 0 Å². The van der Waals surface area contributed by atoms with E-state index in [0.29, 0.717) is 6.54 Å². The second kappa shape index (κ2) is 7.65. The number of sulfonamides is 1. The van der Waals surface area contributed by atoms with Crippen LogP contribution >= 0.6 is 0 Å². The molecule has 0 aliphatic carbocycles. The summed E-state index contributed by atoms with van der Waals surface area (Å²) in [6.07, 6.45) is 0.999. The number of anilines is 1. The third-order valence-electron chi connectivity index (χ3n) is 3.77. The molecule has 0 heterocycles. The second-order valence-corrected chi connectivity index (χ2v) is 7.75. The van der Waals surface area contributed by atoms with Gasteiger partial charge in [-0.05, 0) is 30.7 Å². The topological polar surface area (TPSA) is 57.7 Å². The monoisotopic (exact) mass is 364 g/mol. The van der Waals surface area contributed by atoms with Crippen LogP contribution in [-0.4, -0.2) is 38.6 Å². The van der Waals surface area contributed by atoms with Crippen LogP contribution in [0.4, 0.5) is 10.1 Å². The zero-order chi connectivity index (χ0) is 18.6. The van der Waals surface area contributed by atoms with Crippen molar-refractivity contribution >= 4 is 21.6 Å². The Kier molecular flexibility index (Phi) is 5.79. The van der Waals surface area contributed by atoms with E-state index in [-0.39, 0.29) is 11.6 Å². The average molecular weight is 364 g/mol. The Morgan fingerprint density at radius 1 is 1.12 bits per heavy atom. The summed E-state index contributed by atoms with van der Waals surface area (Å²) < 4.78 is 38.9. The molecule has 2 aromatic rings. The molecule has 0 aliphatic rings. The zero-order valence-electron chi connectivity index (χ0n) is 14.4. The number of rotatable bonds is 6. The van der Waals surface area contributed by atoms with Crippen molar-refractivity contribution in [2.24, 2.45) is 0 Å². The number of hydrogen-bond acceptors (Lipinski definition) is 3. The molecule has 1 unspecified atom stereocenters. The molecule has 0 fully saturated rings. The minimum Gasteiger partial charge on any atom is -0.340 e. The van der Waals surface area contributed by atoms with Gasteiger partial charge in [-0.15, -0.1) is 0 Å². The first-order chi connectivity index (χ1) is 11.7. The van der Waals surface area contributed by atoms with Gasteiger partial charge in [0.1, 0.15) is 11.9 Å². The Morgan fingerprint density at radius 3 is 2.32 bits per heavy atom. The zero-order valence-corrected chi connectivity index (χ0v) is 15.2. The van der Waals surface area contributed by atoms with Gasteiger partial charge in [-0.2, -0.15) is 0 Å². The van der Waals surface area contributed by atoms with Crippen LogP contribution in [0.2, 0.25) is 0 Å². The molecule has 5 nitrogen and oxygen atoms in total. The highest BCUT2D eigenvalue weighted by atomic mass is 32.2. The van der Waals surface area contributed by atoms with Gasteiger partial charge in [0, 0.05) is 13.6 Å². The van der Waals surface area contributed by atoms with Gasteiger partial charge in [-0.25, -0.2) is 12.8 Å². The van der Waals surface area contributed by atoms with E-state index in [0.717, 1.165) is 22.2 Å². The minimum atomic E-state index is -3.77. The van der Waals surface area contributed by atoms with E-state index in [9.17, 15) is 17.6 Å². The highest BCUT2D eigenvalue weighted by Crippen LogP contribution is 2.22. The fourth-order valence-electron chi connectivity index (χ4n) is 2.67. The van der Waals surface area contributed by atoms with E-state index < -0.39 is 21.9 Å². The number of carbonyl (C=O) groups excluding carboxylic acids is 1. The van der Waals surface area contributed by atoms with Crippen molar-refractivity contribution in [3.05, 3.63) is 66.0 Å². The van der Waals surface area contributed by atoms with Crippen LogP contribution in [0, 0.1) is 5.82 Å². The molecule has 0 aromatic heterocycles. The lowest BCUT2D eigenvalue weighted by atomic mass is 10.2. The van der Waals surface area contributed by atoms with Crippen molar-refractivity contribution in [3.8, 4) is 0 Å². The van der Waals surface area contributed by atoms with Gasteiger partial charge in [0.25, 0.3) is 0 Å². The molecule has 0 saturated heterocycles. The van der Waals surface area contributed by atoms with Crippen molar-refractivity contribution in [2.75, 3.05) is 17.6 Å². The SMILES string of the molecule is CC(C(=O)N(C)Cc1ccccc1)N(c1cccc(F)c1)S(C)(=O)=O. The second-order valence-electron chi connectivity index (χ2n) is 5.89. The molecular formula is C18H21FN2O3S. The molecule has 134 valence electrons. The van der Waals surface area contributed by atoms with Gasteiger partial charge >= 0.3 is 0 Å². The van der Waals surface area contributed by atoms with Gasteiger partial charge in [0.05, 0.1) is 11.9 Å². The van der Waals surface area contributed by atoms with Gasteiger partial charge < -0.3 is 4.90 Å². The molecule has 7 heteroatoms. The number of halogens is 1. The van der Waals surface area contributed by atoms with Gasteiger partial charge in [-0.3, -0.25) is 9.10 Å². The highest BCUT2D eigenvalue weighted by molar-refractivity contribution is 7.92. The van der Waals surface area contributed by atoms with Crippen LogP contribution in [0.1, 0.15) is 12.5 Å². The number of likely N-dealkylation sites (N-methyl/N-ethyl adjacent to an activating group) is 1. The number of hydrogen-bond donors (Lipinski definition) is 0. The lowest BCUT2D eigenvalue weighted by Crippen LogP contribution is -2.48. The van der Waals surface area contributed by atoms with Gasteiger partial charge in [-0.1, -0.05) is 36.4 Å². The molecule has 0 spiro atoms. The third-order valence-corrected chi connectivity index (χ3v) is 5.01. The highest BCUT2D eigenvalue weighted by Gasteiger charge is 2.31. The fraction of sp³-hybridized carbons (Fsp3) is 0.278. The summed E-state index contributed by atoms with van der Waals surface area (Å²) in [7, 11) is -2.16. The number of benzene rings is 2. The summed E-state index contributed by atoms with van der Waals surface area (Å²) in [5.74, 6) is -0.943. The van der Waals surface area contributed by atoms with Crippen LogP contribution in [0.25, 0.3) is 0 Å². The first-order valence-electron chi connectivity index (χ1n) is 7.74. The predicted octanol–water partition coefficient (Wildman–Crippen LogP) is 2.64. The molecule has 2 rings (SSSR count). The predicted molar refractivity (Wildman–Crippen MR) is 96.1 cm³/mol. The fourth-order valence-corrected chi connectivity index (χ4v) is 3.83. The number of nitrogens with zero attached hydrogens (tertiary/aromatic N) is 2. The summed E-state index contributed by atoms with van der Waals surface area (Å²) in [6.45, 7) is 1.85. The van der Waals surface area contributed by atoms with Crippen LogP contribution in [-0.2, 0) is 21.4 Å². The number of amides is 1. The summed E-state index contributed by atoms with van der Waals surface area (Å²) >= 11 is 0. The van der Waals surface area contributed by atoms with Gasteiger partial charge in [0.2, 0.25) is 15.9 Å². The third kappa shape index (κ3) is 4.79. The quantitative estimate of drug-likeness (QED) is 0.792. The summed E-state index contributed by atoms with van der Waals surface area (Å²) in [6, 6.07) is 13.6. The Balaban J connectivity index is 2.27. The normalized spacial score (nSPS) is 12.5. The van der Waals surface area contributed by atoms with E-state index in [2.05, 4.69) is 0 Å². The van der Waals surface area contributed by atoms with E-state index in [1.165, 1.54) is 30.0 Å². The van der Waals surface area contributed by atoms with Crippen LogP contribution in [0.15, 0.2) is 54.6 Å². The Morgan fingerprint density at radius 2 is 1.76 bits per heavy atom. The molecule has 0 bridgehead atoms. The molecule has 0 N–H and O–H groups in total. The Bertz CT molecular complexity index is 840. The molecule has 0 aliphatic heterocycles. The molecule has 0 radical (unpaired) electrons. The summed E-state index contributed by atoms with van der Waals surface area (Å²) in [4.78, 5) is 14.2. The minimum absolute atomic E-state index is 0.122. The average Bonchev–Trinajstić information content (AvgIpc) is 2.54. The van der Waals surface area contributed by atoms with E-state index in [1.54, 1.807) is 7.05 Å². The van der Waals surface area contributed by atoms with E-state index >= 15 is 0 Å². The van der Waals surface area contributed by atoms with Crippen LogP contribution in [0.5, 0.6) is 0 Å². The first-order valence-corrected chi connectivity index (χ1v) is 9.59. The lowest BCUT2D eigenvalue weighted by molar-refractivity contribution is -0.131. The standard InChI is InChI=1S/C18H21FN2O3S/c1-14(18(22)20(2)13-15-8-5-4-6-9-15)21(25(3,23)24)17-11-7-10-16(19)12-17/h4-12,14H,13H2,1-3H3. The lowest BCUT2D eigenvalue weighted by Gasteiger charge is -2.31. The Hall–Kier alpha value is -2.41. The van der Waals surface area contributed by atoms with Gasteiger partial charge in [0.15, 0.2) is 0 Å². The van der Waals surface area contributed by atoms with E-state index in [4.69, 9.17) is 0 Å². The molecule has 2 aromatic carbocycles. The molecular weight excluding hydrogens is 343 g/mol. The largest absolute Gasteiger partial charge is 0.340 e. The van der Waals surface area contributed by atoms with Crippen molar-refractivity contribution in [1.82, 2.24) is 4.90 Å². The van der Waals surface area contributed by atoms with Crippen LogP contribution < -0.4 is 4.31 Å². The van der Waals surface area contributed by atoms with Crippen molar-refractivity contribution < 1.29 is 17.6 Å².